The van der Waals surface area contributed by atoms with Crippen molar-refractivity contribution in [3.8, 4) is 242 Å². The Balaban J connectivity index is 0.000000109. The van der Waals surface area contributed by atoms with E-state index in [1.807, 2.05) is 158 Å². The number of fused-ring (bicyclic) bond motifs is 15. The fourth-order valence-electron chi connectivity index (χ4n) is 21.8. The highest BCUT2D eigenvalue weighted by molar-refractivity contribution is 6.21. The van der Waals surface area contributed by atoms with Gasteiger partial charge in [-0.05, 0) is 155 Å². The van der Waals surface area contributed by atoms with Gasteiger partial charge < -0.3 is 9.13 Å². The van der Waals surface area contributed by atoms with Crippen LogP contribution in [0.3, 0.4) is 0 Å². The molecule has 6 heterocycles. The van der Waals surface area contributed by atoms with Crippen molar-refractivity contribution < 1.29 is 0 Å². The molecule has 0 saturated carbocycles. The largest absolute Gasteiger partial charge is 0.309 e. The molecule has 0 saturated heterocycles. The number of hydrogen-bond acceptors (Lipinski definition) is 9. The van der Waals surface area contributed by atoms with Crippen molar-refractivity contribution in [1.29, 1.82) is 0 Å². The van der Waals surface area contributed by atoms with Crippen LogP contribution in [0.2, 0.25) is 0 Å². The lowest BCUT2D eigenvalue weighted by atomic mass is 9.93. The normalized spacial score (nSPS) is 11.5. The lowest BCUT2D eigenvalue weighted by Crippen LogP contribution is -2.08. The molecule has 147 heavy (non-hydrogen) atoms. The van der Waals surface area contributed by atoms with Gasteiger partial charge in [-0.15, -0.1) is 0 Å². The average molecular weight is 1880 g/mol. The first-order valence-electron chi connectivity index (χ1n) is 49.6. The van der Waals surface area contributed by atoms with E-state index < -0.39 is 0 Å². The number of aromatic nitrogens is 12. The summed E-state index contributed by atoms with van der Waals surface area (Å²) in [5.41, 5.74) is 41.9. The van der Waals surface area contributed by atoms with E-state index in [-0.39, 0.29) is 0 Å². The van der Waals surface area contributed by atoms with Crippen molar-refractivity contribution >= 4 is 32.7 Å². The van der Waals surface area contributed by atoms with Crippen molar-refractivity contribution in [2.24, 2.45) is 0 Å². The molecule has 20 aromatic carbocycles. The second-order valence-electron chi connectivity index (χ2n) is 36.8. The predicted octanol–water partition coefficient (Wildman–Crippen LogP) is 33.7. The first kappa shape index (κ1) is 86.2. The van der Waals surface area contributed by atoms with Gasteiger partial charge >= 0.3 is 0 Å². The van der Waals surface area contributed by atoms with E-state index in [9.17, 15) is 0 Å². The molecule has 0 bridgehead atoms. The van der Waals surface area contributed by atoms with Crippen LogP contribution in [0.25, 0.3) is 275 Å². The van der Waals surface area contributed by atoms with Crippen LogP contribution in [0.15, 0.2) is 522 Å². The SMILES string of the molecule is c1ccc(-c2nc(-c3ccccc3)nc(-c3ccc(-n4c(-c5ccccc5)c5c6c(cccc64)-c4ccccc4-c4ccccc4-5)cc3)n2)cc1.c1ccc(-c2nc(-c3ccccc3)nc(-c3cccc(-n4c(-c5ccccc5)c5c6c(cccc64)-c4ccccc4-c4ccccc4-5)c3)n2)cc1.c1ccc(-c2nc(-c3ccccc3)nc(-n3c(-c4ccccc4)c4c5c(cccc53)-c3ccccc3-c3ccccc3-4)n2)cc1. The third-order valence-electron chi connectivity index (χ3n) is 28.3. The Hall–Kier alpha value is -20.0. The second-order valence-corrected chi connectivity index (χ2v) is 36.8. The predicted molar refractivity (Wildman–Crippen MR) is 599 cm³/mol. The Morgan fingerprint density at radius 2 is 0.313 bits per heavy atom. The third kappa shape index (κ3) is 15.3. The van der Waals surface area contributed by atoms with E-state index >= 15 is 0 Å². The zero-order valence-corrected chi connectivity index (χ0v) is 79.5. The van der Waals surface area contributed by atoms with E-state index in [0.29, 0.717) is 52.5 Å². The molecule has 12 heteroatoms. The molecule has 12 nitrogen and oxygen atoms in total. The van der Waals surface area contributed by atoms with Gasteiger partial charge in [0.1, 0.15) is 0 Å². The van der Waals surface area contributed by atoms with Crippen LogP contribution >= 0.6 is 0 Å². The standard InChI is InChI=1S/2C47H30N4.C41H26N4/c1-4-16-31(17-5-1)44-43-40-27-13-12-26-38(40)36-24-10-11-25-37(36)39-28-15-29-41(42(39)43)51(44)35-23-14-22-34(30-35)47-49-45(32-18-6-2-7-19-32)48-46(50-47)33-20-8-3-9-21-33;1-4-15-31(16-5-1)44-43-40-24-13-12-23-38(40)36-21-10-11-22-37(36)39-25-14-26-41(42(39)43)51(44)35-29-27-34(28-30-35)47-49-45(32-17-6-2-7-18-32)48-46(50-47)33-19-8-3-9-20-33;1-4-15-27(16-5-1)38-37-34-24-13-12-23-32(34)30-21-10-11-22-31(30)33-25-14-26-35(36(33)37)45(38)41-43-39(28-17-6-2-7-18-28)42-40(44-41)29-19-8-3-9-20-29/h2*1-30H;1-26H. The van der Waals surface area contributed by atoms with Gasteiger partial charge in [0.25, 0.3) is 0 Å². The van der Waals surface area contributed by atoms with E-state index in [1.165, 1.54) is 128 Å². The summed E-state index contributed by atoms with van der Waals surface area (Å²) in [7, 11) is 0. The van der Waals surface area contributed by atoms with Gasteiger partial charge in [0, 0.05) is 88.7 Å². The third-order valence-corrected chi connectivity index (χ3v) is 28.3. The smallest absolute Gasteiger partial charge is 0.238 e. The van der Waals surface area contributed by atoms with Crippen LogP contribution < -0.4 is 0 Å². The number of benzene rings is 20. The number of nitrogens with zero attached hydrogens (tertiary/aromatic N) is 12. The Kier molecular flexibility index (Phi) is 21.6. The molecule has 6 aromatic heterocycles. The fraction of sp³-hybridized carbons (Fsp3) is 0. The molecule has 0 amide bonds. The minimum absolute atomic E-state index is 0.585. The molecule has 0 radical (unpaired) electrons. The van der Waals surface area contributed by atoms with E-state index in [4.69, 9.17) is 44.9 Å². The van der Waals surface area contributed by atoms with Gasteiger partial charge in [0.15, 0.2) is 46.6 Å². The second kappa shape index (κ2) is 36.9. The summed E-state index contributed by atoms with van der Waals surface area (Å²) in [5, 5.41) is 3.70. The maximum atomic E-state index is 5.20. The van der Waals surface area contributed by atoms with Gasteiger partial charge in [-0.3, -0.25) is 4.57 Å². The molecule has 0 aliphatic heterocycles. The molecule has 26 aromatic rings. The van der Waals surface area contributed by atoms with Crippen LogP contribution in [-0.4, -0.2) is 58.6 Å². The molecule has 0 spiro atoms. The first-order valence-corrected chi connectivity index (χ1v) is 49.6. The highest BCUT2D eigenvalue weighted by Gasteiger charge is 2.35. The molecule has 0 atom stereocenters. The van der Waals surface area contributed by atoms with Crippen molar-refractivity contribution in [3.63, 3.8) is 0 Å². The van der Waals surface area contributed by atoms with Gasteiger partial charge in [0.05, 0.1) is 33.6 Å². The van der Waals surface area contributed by atoms with E-state index in [2.05, 4.69) is 378 Å². The van der Waals surface area contributed by atoms with Crippen LogP contribution in [0.1, 0.15) is 0 Å². The molecule has 0 unspecified atom stereocenters. The summed E-state index contributed by atoms with van der Waals surface area (Å²) in [6.45, 7) is 0. The van der Waals surface area contributed by atoms with Gasteiger partial charge in [-0.25, -0.2) is 34.9 Å². The highest BCUT2D eigenvalue weighted by atomic mass is 15.2. The summed E-state index contributed by atoms with van der Waals surface area (Å²) >= 11 is 0. The van der Waals surface area contributed by atoms with Crippen molar-refractivity contribution in [1.82, 2.24) is 58.6 Å². The topological polar surface area (TPSA) is 131 Å². The minimum atomic E-state index is 0.585. The molecule has 29 rings (SSSR count). The monoisotopic (exact) mass is 1870 g/mol. The quantitative estimate of drug-likeness (QED) is 0.104. The minimum Gasteiger partial charge on any atom is -0.309 e. The molecule has 0 N–H and O–H groups in total. The van der Waals surface area contributed by atoms with E-state index in [1.54, 1.807) is 0 Å². The van der Waals surface area contributed by atoms with Gasteiger partial charge in [-0.2, -0.15) is 9.97 Å². The fourth-order valence-corrected chi connectivity index (χ4v) is 21.8. The summed E-state index contributed by atoms with van der Waals surface area (Å²) < 4.78 is 7.10. The Bertz CT molecular complexity index is 9380. The molecular weight excluding hydrogens is 1790 g/mol. The maximum absolute atomic E-state index is 5.20. The molecule has 3 aliphatic carbocycles. The maximum Gasteiger partial charge on any atom is 0.238 e. The highest BCUT2D eigenvalue weighted by Crippen LogP contribution is 2.58. The van der Waals surface area contributed by atoms with Crippen LogP contribution in [0.5, 0.6) is 0 Å². The van der Waals surface area contributed by atoms with Crippen molar-refractivity contribution in [3.05, 3.63) is 522 Å². The van der Waals surface area contributed by atoms with Crippen LogP contribution in [0.4, 0.5) is 0 Å². The molecular formula is C135H86N12. The van der Waals surface area contributed by atoms with Crippen molar-refractivity contribution in [2.45, 2.75) is 0 Å². The Morgan fingerprint density at radius 1 is 0.122 bits per heavy atom. The average Bonchev–Trinajstić information content (AvgIpc) is 1.56. The number of rotatable bonds is 14. The molecule has 0 fully saturated rings. The summed E-state index contributed by atoms with van der Waals surface area (Å²) in [4.78, 5) is 45.3. The van der Waals surface area contributed by atoms with Gasteiger partial charge in [-0.1, -0.05) is 467 Å². The molecule has 3 aliphatic rings. The summed E-state index contributed by atoms with van der Waals surface area (Å²) in [6.07, 6.45) is 0. The lowest BCUT2D eigenvalue weighted by molar-refractivity contribution is 0.938. The van der Waals surface area contributed by atoms with Crippen molar-refractivity contribution in [2.75, 3.05) is 0 Å². The summed E-state index contributed by atoms with van der Waals surface area (Å²) in [6, 6.07) is 183. The molecule has 686 valence electrons. The Morgan fingerprint density at radius 3 is 0.599 bits per heavy atom. The summed E-state index contributed by atoms with van der Waals surface area (Å²) in [5.74, 6) is 5.71. The zero-order valence-electron chi connectivity index (χ0n) is 79.5. The lowest BCUT2D eigenvalue weighted by Gasteiger charge is -2.17. The van der Waals surface area contributed by atoms with Crippen LogP contribution in [-0.2, 0) is 0 Å². The number of hydrogen-bond donors (Lipinski definition) is 0. The zero-order chi connectivity index (χ0) is 97.2. The van der Waals surface area contributed by atoms with Gasteiger partial charge in [0.2, 0.25) is 5.95 Å². The van der Waals surface area contributed by atoms with E-state index in [0.717, 1.165) is 95.0 Å². The first-order chi connectivity index (χ1) is 73.0. The Labute approximate surface area is 849 Å². The van der Waals surface area contributed by atoms with Crippen LogP contribution in [0, 0.1) is 0 Å².